The summed E-state index contributed by atoms with van der Waals surface area (Å²) in [4.78, 5) is 10.6. The van der Waals surface area contributed by atoms with Gasteiger partial charge >= 0.3 is 5.69 Å². The maximum Gasteiger partial charge on any atom is 0.312 e. The molecule has 136 valence electrons. The van der Waals surface area contributed by atoms with Crippen LogP contribution in [0.4, 0.5) is 5.69 Å². The quantitative estimate of drug-likeness (QED) is 0.383. The van der Waals surface area contributed by atoms with Crippen molar-refractivity contribution >= 4 is 11.3 Å². The van der Waals surface area contributed by atoms with Crippen LogP contribution in [0.1, 0.15) is 42.3 Å². The fourth-order valence-electron chi connectivity index (χ4n) is 3.24. The van der Waals surface area contributed by atoms with Gasteiger partial charge in [-0.1, -0.05) is 6.42 Å². The van der Waals surface area contributed by atoms with Gasteiger partial charge in [-0.2, -0.15) is 10.4 Å². The molecule has 2 aromatic rings. The molecule has 2 aromatic heterocycles. The molecular formula is C16H19N7O3. The lowest BCUT2D eigenvalue weighted by molar-refractivity contribution is -0.386. The van der Waals surface area contributed by atoms with E-state index in [9.17, 15) is 20.5 Å². The summed E-state index contributed by atoms with van der Waals surface area (Å²) in [6.07, 6.45) is 3.85. The highest BCUT2D eigenvalue weighted by Crippen LogP contribution is 2.25. The van der Waals surface area contributed by atoms with Gasteiger partial charge in [0.2, 0.25) is 0 Å². The van der Waals surface area contributed by atoms with Crippen molar-refractivity contribution in [3.8, 4) is 6.07 Å². The van der Waals surface area contributed by atoms with Crippen LogP contribution in [0.15, 0.2) is 5.76 Å². The topological polar surface area (TPSA) is 136 Å². The molecule has 1 aliphatic rings. The average molecular weight is 357 g/mol. The molecule has 3 rings (SSSR count). The second-order valence-electron chi connectivity index (χ2n) is 6.27. The third kappa shape index (κ3) is 3.03. The van der Waals surface area contributed by atoms with E-state index in [0.29, 0.717) is 18.1 Å². The molecule has 10 nitrogen and oxygen atoms in total. The van der Waals surface area contributed by atoms with Crippen molar-refractivity contribution in [3.63, 3.8) is 0 Å². The molecule has 0 unspecified atom stereocenters. The number of nitriles is 1. The number of aromatic nitrogens is 5. The molecule has 0 spiro atoms. The Morgan fingerprint density at radius 2 is 2.12 bits per heavy atom. The van der Waals surface area contributed by atoms with Crippen molar-refractivity contribution in [1.82, 2.24) is 24.5 Å². The minimum atomic E-state index is -0.501. The highest BCUT2D eigenvalue weighted by molar-refractivity contribution is 5.74. The SMILES string of the molecule is Cc1nn(C/C(O)=C(\C#N)c2nnc3n2CCCCC3)c(C)c1[N+](=O)[O-]. The van der Waals surface area contributed by atoms with Crippen molar-refractivity contribution in [2.24, 2.45) is 0 Å². The van der Waals surface area contributed by atoms with Gasteiger partial charge in [0.15, 0.2) is 5.82 Å². The molecule has 10 heteroatoms. The number of nitro groups is 1. The Bertz CT molecular complexity index is 933. The number of fused-ring (bicyclic) bond motifs is 1. The summed E-state index contributed by atoms with van der Waals surface area (Å²) in [5.74, 6) is 0.894. The van der Waals surface area contributed by atoms with Crippen LogP contribution in [-0.4, -0.2) is 34.6 Å². The first-order valence-corrected chi connectivity index (χ1v) is 8.37. The van der Waals surface area contributed by atoms with Gasteiger partial charge in [0.25, 0.3) is 0 Å². The Labute approximate surface area is 149 Å². The van der Waals surface area contributed by atoms with Crippen LogP contribution in [0.5, 0.6) is 0 Å². The summed E-state index contributed by atoms with van der Waals surface area (Å²) in [6.45, 7) is 3.64. The van der Waals surface area contributed by atoms with Crippen molar-refractivity contribution in [2.45, 2.75) is 52.6 Å². The Morgan fingerprint density at radius 1 is 1.35 bits per heavy atom. The van der Waals surface area contributed by atoms with Gasteiger partial charge in [-0.25, -0.2) is 0 Å². The van der Waals surface area contributed by atoms with E-state index >= 15 is 0 Å². The molecule has 0 radical (unpaired) electrons. The third-order valence-electron chi connectivity index (χ3n) is 4.56. The van der Waals surface area contributed by atoms with Gasteiger partial charge in [0.1, 0.15) is 41.2 Å². The Kier molecular flexibility index (Phi) is 4.71. The zero-order chi connectivity index (χ0) is 18.8. The fraction of sp³-hybridized carbons (Fsp3) is 0.500. The van der Waals surface area contributed by atoms with Gasteiger partial charge in [-0.15, -0.1) is 10.2 Å². The molecule has 0 bridgehead atoms. The van der Waals surface area contributed by atoms with Gasteiger partial charge < -0.3 is 9.67 Å². The van der Waals surface area contributed by atoms with E-state index in [4.69, 9.17) is 0 Å². The van der Waals surface area contributed by atoms with Crippen molar-refractivity contribution < 1.29 is 10.0 Å². The maximum atomic E-state index is 11.1. The first kappa shape index (κ1) is 17.6. The monoisotopic (exact) mass is 357 g/mol. The van der Waals surface area contributed by atoms with E-state index in [0.717, 1.165) is 31.5 Å². The molecule has 26 heavy (non-hydrogen) atoms. The average Bonchev–Trinajstić information content (AvgIpc) is 2.99. The van der Waals surface area contributed by atoms with Crippen LogP contribution < -0.4 is 0 Å². The largest absolute Gasteiger partial charge is 0.509 e. The molecule has 1 aliphatic heterocycles. The predicted octanol–water partition coefficient (Wildman–Crippen LogP) is 2.22. The van der Waals surface area contributed by atoms with Gasteiger partial charge in [0.05, 0.1) is 4.92 Å². The first-order valence-electron chi connectivity index (χ1n) is 8.37. The maximum absolute atomic E-state index is 11.1. The van der Waals surface area contributed by atoms with Crippen LogP contribution in [0.3, 0.4) is 0 Å². The van der Waals surface area contributed by atoms with Crippen LogP contribution >= 0.6 is 0 Å². The number of aliphatic hydroxyl groups is 1. The molecule has 0 aliphatic carbocycles. The van der Waals surface area contributed by atoms with E-state index in [2.05, 4.69) is 15.3 Å². The number of rotatable bonds is 4. The zero-order valence-corrected chi connectivity index (χ0v) is 14.6. The Balaban J connectivity index is 1.99. The lowest BCUT2D eigenvalue weighted by Crippen LogP contribution is -2.10. The van der Waals surface area contributed by atoms with E-state index in [-0.39, 0.29) is 29.3 Å². The predicted molar refractivity (Wildman–Crippen MR) is 91.1 cm³/mol. The normalized spacial score (nSPS) is 15.0. The number of allylic oxidation sites excluding steroid dienone is 2. The number of aliphatic hydroxyl groups excluding tert-OH is 1. The molecule has 3 heterocycles. The Morgan fingerprint density at radius 3 is 2.77 bits per heavy atom. The van der Waals surface area contributed by atoms with Crippen molar-refractivity contribution in [1.29, 1.82) is 5.26 Å². The molecule has 0 saturated carbocycles. The van der Waals surface area contributed by atoms with Gasteiger partial charge in [-0.05, 0) is 26.7 Å². The summed E-state index contributed by atoms with van der Waals surface area (Å²) in [5, 5.41) is 43.5. The van der Waals surface area contributed by atoms with Crippen LogP contribution in [-0.2, 0) is 19.5 Å². The minimum absolute atomic E-state index is 0.0147. The van der Waals surface area contributed by atoms with Gasteiger partial charge in [-0.3, -0.25) is 14.8 Å². The lowest BCUT2D eigenvalue weighted by atomic mass is 10.2. The van der Waals surface area contributed by atoms with Crippen LogP contribution in [0, 0.1) is 35.3 Å². The summed E-state index contributed by atoms with van der Waals surface area (Å²) >= 11 is 0. The smallest absolute Gasteiger partial charge is 0.312 e. The molecular weight excluding hydrogens is 338 g/mol. The van der Waals surface area contributed by atoms with Gasteiger partial charge in [0, 0.05) is 13.0 Å². The second kappa shape index (κ2) is 6.95. The standard InChI is InChI=1S/C16H19N7O3/c1-10-15(23(25)26)11(2)22(20-10)9-13(24)12(8-17)16-19-18-14-6-4-3-5-7-21(14)16/h24H,3-7,9H2,1-2H3/b13-12-. The number of aryl methyl sites for hydroxylation is 2. The first-order chi connectivity index (χ1) is 12.4. The summed E-state index contributed by atoms with van der Waals surface area (Å²) in [5.41, 5.74) is 0.500. The summed E-state index contributed by atoms with van der Waals surface area (Å²) < 4.78 is 3.19. The highest BCUT2D eigenvalue weighted by atomic mass is 16.6. The summed E-state index contributed by atoms with van der Waals surface area (Å²) in [6, 6.07) is 1.99. The van der Waals surface area contributed by atoms with E-state index in [1.807, 2.05) is 10.6 Å². The van der Waals surface area contributed by atoms with Crippen molar-refractivity contribution in [2.75, 3.05) is 0 Å². The number of nitrogens with zero attached hydrogens (tertiary/aromatic N) is 7. The lowest BCUT2D eigenvalue weighted by Gasteiger charge is -2.08. The van der Waals surface area contributed by atoms with Crippen LogP contribution in [0.2, 0.25) is 0 Å². The van der Waals surface area contributed by atoms with E-state index in [1.165, 1.54) is 11.6 Å². The molecule has 0 fully saturated rings. The summed E-state index contributed by atoms with van der Waals surface area (Å²) in [7, 11) is 0. The number of hydrogen-bond acceptors (Lipinski definition) is 7. The fourth-order valence-corrected chi connectivity index (χ4v) is 3.24. The number of hydrogen-bond donors (Lipinski definition) is 1. The molecule has 1 N–H and O–H groups in total. The van der Waals surface area contributed by atoms with E-state index < -0.39 is 4.92 Å². The highest BCUT2D eigenvalue weighted by Gasteiger charge is 2.24. The minimum Gasteiger partial charge on any atom is -0.509 e. The van der Waals surface area contributed by atoms with Crippen LogP contribution in [0.25, 0.3) is 5.57 Å². The second-order valence-corrected chi connectivity index (χ2v) is 6.27. The third-order valence-corrected chi connectivity index (χ3v) is 4.56. The Hall–Kier alpha value is -3.22. The van der Waals surface area contributed by atoms with Crippen molar-refractivity contribution in [3.05, 3.63) is 38.9 Å². The van der Waals surface area contributed by atoms with E-state index in [1.54, 1.807) is 6.92 Å². The molecule has 0 atom stereocenters. The molecule has 0 aromatic carbocycles. The zero-order valence-electron chi connectivity index (χ0n) is 14.6. The molecule has 0 saturated heterocycles. The molecule has 0 amide bonds.